The van der Waals surface area contributed by atoms with Crippen molar-refractivity contribution in [2.24, 2.45) is 0 Å². The molecule has 11 heteroatoms. The lowest BCUT2D eigenvalue weighted by Crippen LogP contribution is -2.32. The molecule has 0 aliphatic rings. The smallest absolute Gasteiger partial charge is 0.326 e. The van der Waals surface area contributed by atoms with Crippen LogP contribution in [0.15, 0.2) is 29.6 Å². The van der Waals surface area contributed by atoms with Crippen LogP contribution in [-0.4, -0.2) is 37.8 Å². The molecule has 1 aromatic carbocycles. The van der Waals surface area contributed by atoms with Gasteiger partial charge in [0.25, 0.3) is 17.0 Å². The summed E-state index contributed by atoms with van der Waals surface area (Å²) in [6.45, 7) is 1.35. The van der Waals surface area contributed by atoms with Crippen LogP contribution in [0.3, 0.4) is 0 Å². The highest BCUT2D eigenvalue weighted by Crippen LogP contribution is 2.29. The van der Waals surface area contributed by atoms with Crippen LogP contribution >= 0.6 is 11.3 Å². The Morgan fingerprint density at radius 2 is 2.29 bits per heavy atom. The van der Waals surface area contributed by atoms with Gasteiger partial charge in [-0.2, -0.15) is 0 Å². The summed E-state index contributed by atoms with van der Waals surface area (Å²) in [5, 5.41) is 12.5. The average molecular weight is 371 g/mol. The molecule has 9 nitrogen and oxygen atoms in total. The van der Waals surface area contributed by atoms with Crippen LogP contribution in [0.4, 0.5) is 10.8 Å². The first-order chi connectivity index (χ1) is 11.4. The number of anilines is 1. The van der Waals surface area contributed by atoms with Crippen molar-refractivity contribution >= 4 is 39.4 Å². The van der Waals surface area contributed by atoms with Crippen LogP contribution in [0.1, 0.15) is 6.92 Å². The van der Waals surface area contributed by atoms with Gasteiger partial charge < -0.3 is 4.74 Å². The van der Waals surface area contributed by atoms with Gasteiger partial charge in [0.1, 0.15) is 6.54 Å². The highest BCUT2D eigenvalue weighted by Gasteiger charge is 2.21. The number of hydrogen-bond acceptors (Lipinski definition) is 7. The van der Waals surface area contributed by atoms with Gasteiger partial charge in [0.05, 0.1) is 17.2 Å². The second-order valence-corrected chi connectivity index (χ2v) is 6.13. The maximum Gasteiger partial charge on any atom is 0.326 e. The largest absolute Gasteiger partial charge is 0.465 e. The molecular weight excluding hydrogens is 358 g/mol. The minimum absolute atomic E-state index is 0.0869. The number of nitrogens with zero attached hydrogens (tertiary/aromatic N) is 3. The summed E-state index contributed by atoms with van der Waals surface area (Å²) in [4.78, 5) is 26.0. The minimum atomic E-state index is -2.46. The second kappa shape index (κ2) is 7.95. The number of thiazole rings is 1. The summed E-state index contributed by atoms with van der Waals surface area (Å²) >= 11 is -1.42. The first-order valence-corrected chi connectivity index (χ1v) is 8.61. The van der Waals surface area contributed by atoms with Gasteiger partial charge in [0.15, 0.2) is 5.13 Å². The Bertz CT molecular complexity index is 779. The molecule has 1 N–H and O–H groups in total. The number of esters is 1. The second-order valence-electron chi connectivity index (χ2n) is 4.40. The van der Waals surface area contributed by atoms with Gasteiger partial charge in [-0.15, -0.1) is 11.3 Å². The first-order valence-electron chi connectivity index (χ1n) is 6.67. The number of carbonyl (C=O) groups is 1. The van der Waals surface area contributed by atoms with Crippen LogP contribution in [0, 0.1) is 10.1 Å². The summed E-state index contributed by atoms with van der Waals surface area (Å²) in [7, 11) is 0. The summed E-state index contributed by atoms with van der Waals surface area (Å²) in [5.74, 6) is -0.660. The summed E-state index contributed by atoms with van der Waals surface area (Å²) in [6.07, 6.45) is 0. The zero-order valence-electron chi connectivity index (χ0n) is 12.4. The molecule has 0 saturated heterocycles. The maximum atomic E-state index is 11.5. The predicted octanol–water partition coefficient (Wildman–Crippen LogP) is 2.22. The molecule has 0 aliphatic carbocycles. The molecule has 1 atom stereocenters. The highest BCUT2D eigenvalue weighted by atomic mass is 32.2. The highest BCUT2D eigenvalue weighted by molar-refractivity contribution is 7.81. The summed E-state index contributed by atoms with van der Waals surface area (Å²) in [6, 6.07) is 5.86. The number of rotatable bonds is 7. The van der Waals surface area contributed by atoms with Crippen LogP contribution in [0.25, 0.3) is 11.3 Å². The zero-order valence-corrected chi connectivity index (χ0v) is 14.1. The van der Waals surface area contributed by atoms with Crippen molar-refractivity contribution in [3.63, 3.8) is 0 Å². The fraction of sp³-hybridized carbons (Fsp3) is 0.231. The Kier molecular flexibility index (Phi) is 5.95. The van der Waals surface area contributed by atoms with E-state index in [1.807, 2.05) is 0 Å². The molecule has 1 unspecified atom stereocenters. The van der Waals surface area contributed by atoms with Crippen molar-refractivity contribution in [3.05, 3.63) is 39.8 Å². The van der Waals surface area contributed by atoms with Crippen molar-refractivity contribution < 1.29 is 23.2 Å². The van der Waals surface area contributed by atoms with Crippen LogP contribution in [0.5, 0.6) is 0 Å². The number of nitro benzene ring substituents is 1. The molecule has 0 spiro atoms. The van der Waals surface area contributed by atoms with E-state index in [2.05, 4.69) is 4.98 Å². The number of carbonyl (C=O) groups excluding carboxylic acids is 1. The number of aromatic nitrogens is 1. The van der Waals surface area contributed by atoms with Gasteiger partial charge in [-0.05, 0) is 6.92 Å². The number of ether oxygens (including phenoxy) is 1. The number of benzene rings is 1. The van der Waals surface area contributed by atoms with Gasteiger partial charge in [0.2, 0.25) is 0 Å². The van der Waals surface area contributed by atoms with E-state index in [0.29, 0.717) is 11.3 Å². The van der Waals surface area contributed by atoms with Gasteiger partial charge >= 0.3 is 5.97 Å². The van der Waals surface area contributed by atoms with Crippen molar-refractivity contribution in [3.8, 4) is 11.3 Å². The van der Waals surface area contributed by atoms with E-state index >= 15 is 0 Å². The quantitative estimate of drug-likeness (QED) is 0.342. The van der Waals surface area contributed by atoms with Crippen LogP contribution in [0.2, 0.25) is 0 Å². The van der Waals surface area contributed by atoms with Gasteiger partial charge in [0, 0.05) is 23.1 Å². The van der Waals surface area contributed by atoms with E-state index in [9.17, 15) is 23.7 Å². The molecule has 0 fully saturated rings. The van der Waals surface area contributed by atoms with Gasteiger partial charge in [-0.25, -0.2) is 13.5 Å². The molecule has 128 valence electrons. The summed E-state index contributed by atoms with van der Waals surface area (Å²) < 4.78 is 26.4. The van der Waals surface area contributed by atoms with E-state index in [1.165, 1.54) is 18.2 Å². The summed E-state index contributed by atoms with van der Waals surface area (Å²) in [5.41, 5.74) is 0.806. The van der Waals surface area contributed by atoms with Crippen LogP contribution in [-0.2, 0) is 20.8 Å². The molecule has 24 heavy (non-hydrogen) atoms. The fourth-order valence-electron chi connectivity index (χ4n) is 1.80. The molecule has 2 rings (SSSR count). The Labute approximate surface area is 143 Å². The Balaban J connectivity index is 2.27. The van der Waals surface area contributed by atoms with Gasteiger partial charge in [-0.3, -0.25) is 19.5 Å². The standard InChI is InChI=1S/C13H13N3O6S2/c1-2-22-12(17)7-15(24(20)21)13-14-11(8-23-13)9-4-3-5-10(6-9)16(18)19/h3-6,8H,2,7H2,1H3,(H,20,21). The zero-order chi connectivity index (χ0) is 17.7. The SMILES string of the molecule is CCOC(=O)CN(c1nc(-c2cccc([N+](=O)[O-])c2)cs1)S(=O)O. The monoisotopic (exact) mass is 371 g/mol. The third-order valence-corrected chi connectivity index (χ3v) is 4.48. The lowest BCUT2D eigenvalue weighted by Gasteiger charge is -2.15. The molecule has 2 aromatic rings. The maximum absolute atomic E-state index is 11.5. The molecule has 0 radical (unpaired) electrons. The molecule has 0 saturated carbocycles. The molecule has 0 aliphatic heterocycles. The topological polar surface area (TPSA) is 123 Å². The van der Waals surface area contributed by atoms with Crippen molar-refractivity contribution in [1.82, 2.24) is 4.98 Å². The van der Waals surface area contributed by atoms with Crippen LogP contribution < -0.4 is 4.31 Å². The Morgan fingerprint density at radius 3 is 2.92 bits per heavy atom. The van der Waals surface area contributed by atoms with Crippen molar-refractivity contribution in [1.29, 1.82) is 0 Å². The molecule has 1 heterocycles. The number of non-ortho nitro benzene ring substituents is 1. The lowest BCUT2D eigenvalue weighted by molar-refractivity contribution is -0.384. The van der Waals surface area contributed by atoms with E-state index in [0.717, 1.165) is 15.6 Å². The molecular formula is C13H13N3O6S2. The Hall–Kier alpha value is -2.37. The Morgan fingerprint density at radius 1 is 1.54 bits per heavy atom. The fourth-order valence-corrected chi connectivity index (χ4v) is 3.25. The normalized spacial score (nSPS) is 11.8. The molecule has 1 aromatic heterocycles. The minimum Gasteiger partial charge on any atom is -0.465 e. The van der Waals surface area contributed by atoms with E-state index in [1.54, 1.807) is 18.4 Å². The van der Waals surface area contributed by atoms with E-state index in [-0.39, 0.29) is 17.4 Å². The van der Waals surface area contributed by atoms with E-state index in [4.69, 9.17) is 4.74 Å². The number of hydrogen-bond donors (Lipinski definition) is 1. The molecule has 0 amide bonds. The van der Waals surface area contributed by atoms with Crippen molar-refractivity contribution in [2.45, 2.75) is 6.92 Å². The predicted molar refractivity (Wildman–Crippen MR) is 89.0 cm³/mol. The van der Waals surface area contributed by atoms with Gasteiger partial charge in [-0.1, -0.05) is 12.1 Å². The number of nitro groups is 1. The van der Waals surface area contributed by atoms with Crippen molar-refractivity contribution in [2.75, 3.05) is 17.5 Å². The average Bonchev–Trinajstić information content (AvgIpc) is 3.02. The van der Waals surface area contributed by atoms with E-state index < -0.39 is 28.7 Å². The lowest BCUT2D eigenvalue weighted by atomic mass is 10.1. The molecule has 0 bridgehead atoms. The third kappa shape index (κ3) is 4.34. The first kappa shape index (κ1) is 18.0. The third-order valence-electron chi connectivity index (χ3n) is 2.82.